The second kappa shape index (κ2) is 81.2. The third-order valence-corrected chi connectivity index (χ3v) is 18.8. The molecule has 0 radical (unpaired) electrons. The van der Waals surface area contributed by atoms with Crippen LogP contribution in [0.3, 0.4) is 0 Å². The fourth-order valence-corrected chi connectivity index (χ4v) is 12.0. The van der Waals surface area contributed by atoms with Crippen LogP contribution in [0.25, 0.3) is 0 Å². The minimum atomic E-state index is -5.03. The molecule has 0 saturated heterocycles. The van der Waals surface area contributed by atoms with E-state index in [4.69, 9.17) is 37.0 Å². The van der Waals surface area contributed by atoms with Gasteiger partial charge < -0.3 is 33.8 Å². The normalized spacial score (nSPS) is 14.7. The number of carbonyl (C=O) groups is 4. The molecule has 0 aliphatic carbocycles. The first kappa shape index (κ1) is 104. The van der Waals surface area contributed by atoms with Crippen molar-refractivity contribution >= 4 is 39.5 Å². The maximum Gasteiger partial charge on any atom is 0.472 e. The number of phosphoric acid groups is 2. The van der Waals surface area contributed by atoms with Crippen LogP contribution in [0.5, 0.6) is 0 Å². The van der Waals surface area contributed by atoms with Crippen LogP contribution in [-0.4, -0.2) is 96.7 Å². The van der Waals surface area contributed by atoms with Crippen LogP contribution in [0.2, 0.25) is 0 Å². The molecule has 2 unspecified atom stereocenters. The standard InChI is InChI=1S/C91H148O17P2/c1-5-9-13-17-21-25-29-33-36-39-42-45-48-52-56-60-64-68-72-76-89(94)102-82-87(108-91(96)78-74-70-66-62-58-54-50-47-44-41-38-35-31-27-23-19-15-11-7-3)84-106-110(99,100)104-80-85(92)79-103-109(97,98)105-83-86(81-101-88(93)75-71-67-63-59-55-51-32-28-24-20-16-12-8-4)107-90(95)77-73-69-65-61-57-53-49-46-43-40-37-34-30-26-22-18-14-10-6-2/h21-23,25-27,33-38,42-47,52-54,56-58,64-66,68-70,85-87,92H,5-20,24,28-32,39-41,48-51,55,59-63,67,71-84H2,1-4H3,(H,97,98)(H,99,100)/b25-21-,26-22-,27-23-,36-33-,37-34-,38-35-,45-42-,46-43-,47-44-,56-52-,57-53-,58-54-,68-64-,69-65-,70-66-/t85-,86+,87+/m0/s1. The van der Waals surface area contributed by atoms with Crippen LogP contribution in [0.15, 0.2) is 182 Å². The van der Waals surface area contributed by atoms with E-state index in [1.807, 2.05) is 54.7 Å². The number of rotatable bonds is 77. The molecule has 0 aromatic rings. The molecule has 0 heterocycles. The lowest BCUT2D eigenvalue weighted by Crippen LogP contribution is -2.30. The van der Waals surface area contributed by atoms with Crippen molar-refractivity contribution in [3.8, 4) is 0 Å². The molecule has 110 heavy (non-hydrogen) atoms. The van der Waals surface area contributed by atoms with Crippen molar-refractivity contribution in [3.63, 3.8) is 0 Å². The SMILES string of the molecule is CCCCC/C=C\C/C=C\C/C=C\C/C=C\C/C=C\CCC(=O)OC[C@H](COP(=O)(O)OC[C@@H](O)COP(=O)(O)OC[C@@H](COC(=O)CCCCCCCCCCCCCCC)OC(=O)CC/C=C\C/C=C\C/C=C\C/C=C\C/C=C\CCCCC)OC(=O)CC/C=C\C/C=C\C/C=C\C/C=C\C/C=C\CCCCC. The zero-order chi connectivity index (χ0) is 80.3. The Morgan fingerprint density at radius 2 is 0.464 bits per heavy atom. The summed E-state index contributed by atoms with van der Waals surface area (Å²) in [6.45, 7) is 4.53. The molecule has 0 rings (SSSR count). The Kier molecular flexibility index (Phi) is 76.9. The maximum absolute atomic E-state index is 13.1. The highest BCUT2D eigenvalue weighted by atomic mass is 31.2. The molecule has 0 amide bonds. The summed E-state index contributed by atoms with van der Waals surface area (Å²) in [5.74, 6) is -2.48. The first-order valence-electron chi connectivity index (χ1n) is 42.0. The third-order valence-electron chi connectivity index (χ3n) is 16.9. The van der Waals surface area contributed by atoms with Crippen LogP contribution in [0.1, 0.15) is 310 Å². The van der Waals surface area contributed by atoms with E-state index in [9.17, 15) is 43.2 Å². The van der Waals surface area contributed by atoms with Crippen LogP contribution >= 0.6 is 15.6 Å². The van der Waals surface area contributed by atoms with Crippen molar-refractivity contribution in [1.29, 1.82) is 0 Å². The second-order valence-corrected chi connectivity index (χ2v) is 30.3. The Morgan fingerprint density at radius 1 is 0.255 bits per heavy atom. The monoisotopic (exact) mass is 1580 g/mol. The summed E-state index contributed by atoms with van der Waals surface area (Å²) in [7, 11) is -10.0. The average Bonchev–Trinajstić information content (AvgIpc) is 0.906. The zero-order valence-electron chi connectivity index (χ0n) is 68.4. The summed E-state index contributed by atoms with van der Waals surface area (Å²) in [4.78, 5) is 73.1. The highest BCUT2D eigenvalue weighted by Gasteiger charge is 2.30. The fraction of sp³-hybridized carbons (Fsp3) is 0.626. The lowest BCUT2D eigenvalue weighted by atomic mass is 10.0. The van der Waals surface area contributed by atoms with Gasteiger partial charge in [0.05, 0.1) is 26.4 Å². The van der Waals surface area contributed by atoms with Crippen molar-refractivity contribution < 1.29 is 80.2 Å². The summed E-state index contributed by atoms with van der Waals surface area (Å²) in [5.41, 5.74) is 0. The van der Waals surface area contributed by atoms with Crippen molar-refractivity contribution in [2.24, 2.45) is 0 Å². The predicted molar refractivity (Wildman–Crippen MR) is 454 cm³/mol. The first-order valence-corrected chi connectivity index (χ1v) is 45.0. The van der Waals surface area contributed by atoms with Gasteiger partial charge in [0.2, 0.25) is 0 Å². The van der Waals surface area contributed by atoms with E-state index < -0.39 is 97.5 Å². The second-order valence-electron chi connectivity index (χ2n) is 27.4. The number of phosphoric ester groups is 2. The highest BCUT2D eigenvalue weighted by molar-refractivity contribution is 7.47. The van der Waals surface area contributed by atoms with Gasteiger partial charge in [-0.3, -0.25) is 37.3 Å². The zero-order valence-corrected chi connectivity index (χ0v) is 70.1. The van der Waals surface area contributed by atoms with E-state index >= 15 is 0 Å². The molecule has 0 fully saturated rings. The van der Waals surface area contributed by atoms with E-state index in [2.05, 4.69) is 155 Å². The molecule has 19 heteroatoms. The molecule has 0 bridgehead atoms. The van der Waals surface area contributed by atoms with Crippen molar-refractivity contribution in [2.45, 2.75) is 329 Å². The van der Waals surface area contributed by atoms with Crippen LogP contribution in [-0.2, 0) is 65.4 Å². The number of hydrogen-bond donors (Lipinski definition) is 3. The maximum atomic E-state index is 13.1. The Labute approximate surface area is 666 Å². The molecule has 0 spiro atoms. The van der Waals surface area contributed by atoms with Gasteiger partial charge in [-0.05, 0) is 141 Å². The number of esters is 4. The van der Waals surface area contributed by atoms with Crippen LogP contribution < -0.4 is 0 Å². The predicted octanol–water partition coefficient (Wildman–Crippen LogP) is 25.1. The van der Waals surface area contributed by atoms with Crippen molar-refractivity contribution in [3.05, 3.63) is 182 Å². The summed E-state index contributed by atoms with van der Waals surface area (Å²) >= 11 is 0. The van der Waals surface area contributed by atoms with E-state index in [1.165, 1.54) is 109 Å². The summed E-state index contributed by atoms with van der Waals surface area (Å²) in [6.07, 6.45) is 99.1. The molecule has 0 aliphatic rings. The van der Waals surface area contributed by atoms with Gasteiger partial charge in [-0.1, -0.05) is 326 Å². The van der Waals surface area contributed by atoms with Gasteiger partial charge in [0.25, 0.3) is 0 Å². The van der Waals surface area contributed by atoms with Gasteiger partial charge in [0, 0.05) is 25.7 Å². The fourth-order valence-electron chi connectivity index (χ4n) is 10.5. The van der Waals surface area contributed by atoms with Crippen LogP contribution in [0, 0.1) is 0 Å². The largest absolute Gasteiger partial charge is 0.472 e. The molecule has 3 N–H and O–H groups in total. The number of aliphatic hydroxyl groups is 1. The van der Waals surface area contributed by atoms with Gasteiger partial charge in [0.1, 0.15) is 19.3 Å². The Balaban J connectivity index is 5.59. The van der Waals surface area contributed by atoms with Crippen molar-refractivity contribution in [1.82, 2.24) is 0 Å². The van der Waals surface area contributed by atoms with E-state index in [1.54, 1.807) is 0 Å². The molecule has 624 valence electrons. The summed E-state index contributed by atoms with van der Waals surface area (Å²) in [5, 5.41) is 10.7. The topological polar surface area (TPSA) is 237 Å². The molecule has 0 saturated carbocycles. The Bertz CT molecular complexity index is 2800. The van der Waals surface area contributed by atoms with Crippen molar-refractivity contribution in [2.75, 3.05) is 39.6 Å². The molecular formula is C91H148O17P2. The smallest absolute Gasteiger partial charge is 0.462 e. The first-order chi connectivity index (χ1) is 53.7. The van der Waals surface area contributed by atoms with E-state index in [0.717, 1.165) is 103 Å². The Morgan fingerprint density at radius 3 is 0.736 bits per heavy atom. The third kappa shape index (κ3) is 80.2. The minimum absolute atomic E-state index is 0.0142. The molecule has 0 aliphatic heterocycles. The minimum Gasteiger partial charge on any atom is -0.462 e. The van der Waals surface area contributed by atoms with Gasteiger partial charge in [-0.2, -0.15) is 0 Å². The van der Waals surface area contributed by atoms with E-state index in [0.29, 0.717) is 44.9 Å². The van der Waals surface area contributed by atoms with E-state index in [-0.39, 0.29) is 25.7 Å². The molecule has 0 aromatic carbocycles. The number of allylic oxidation sites excluding steroid dienone is 30. The average molecular weight is 1580 g/mol. The van der Waals surface area contributed by atoms with Gasteiger partial charge in [-0.15, -0.1) is 0 Å². The van der Waals surface area contributed by atoms with Gasteiger partial charge in [0.15, 0.2) is 12.2 Å². The molecule has 0 aromatic heterocycles. The highest BCUT2D eigenvalue weighted by Crippen LogP contribution is 2.45. The summed E-state index contributed by atoms with van der Waals surface area (Å²) in [6, 6.07) is 0. The Hall–Kier alpha value is -5.84. The number of aliphatic hydroxyl groups excluding tert-OH is 1. The lowest BCUT2D eigenvalue weighted by Gasteiger charge is -2.21. The number of carbonyl (C=O) groups excluding carboxylic acids is 4. The molecule has 17 nitrogen and oxygen atoms in total. The number of ether oxygens (including phenoxy) is 4. The van der Waals surface area contributed by atoms with Gasteiger partial charge in [-0.25, -0.2) is 9.13 Å². The molecule has 5 atom stereocenters. The van der Waals surface area contributed by atoms with Crippen LogP contribution in [0.4, 0.5) is 0 Å². The molecular weight excluding hydrogens is 1430 g/mol. The summed E-state index contributed by atoms with van der Waals surface area (Å²) < 4.78 is 68.5. The van der Waals surface area contributed by atoms with Gasteiger partial charge >= 0.3 is 39.5 Å². The number of hydrogen-bond acceptors (Lipinski definition) is 15. The number of unbranched alkanes of at least 4 members (excludes halogenated alkanes) is 21. The quantitative estimate of drug-likeness (QED) is 0.0169. The lowest BCUT2D eigenvalue weighted by molar-refractivity contribution is -0.161.